The second kappa shape index (κ2) is 7.28. The molecule has 0 atom stereocenters. The van der Waals surface area contributed by atoms with Gasteiger partial charge < -0.3 is 15.4 Å². The maximum Gasteiger partial charge on any atom is 0.257 e. The van der Waals surface area contributed by atoms with E-state index < -0.39 is 0 Å². The molecule has 2 aromatic carbocycles. The molecular formula is C19H17N3O2. The second-order valence-corrected chi connectivity index (χ2v) is 5.08. The lowest BCUT2D eigenvalue weighted by Crippen LogP contribution is -2.12. The Bertz CT molecular complexity index is 800. The number of carbonyl (C=O) groups excluding carboxylic acids is 1. The quantitative estimate of drug-likeness (QED) is 0.741. The summed E-state index contributed by atoms with van der Waals surface area (Å²) in [5.41, 5.74) is 1.19. The minimum absolute atomic E-state index is 0.207. The van der Waals surface area contributed by atoms with Crippen molar-refractivity contribution in [1.29, 1.82) is 0 Å². The monoisotopic (exact) mass is 319 g/mol. The average Bonchev–Trinajstić information content (AvgIpc) is 2.64. The highest BCUT2D eigenvalue weighted by molar-refractivity contribution is 6.04. The maximum atomic E-state index is 12.2. The van der Waals surface area contributed by atoms with Crippen molar-refractivity contribution in [3.8, 4) is 11.5 Å². The minimum atomic E-state index is -0.207. The lowest BCUT2D eigenvalue weighted by atomic mass is 10.2. The molecule has 120 valence electrons. The van der Waals surface area contributed by atoms with E-state index in [4.69, 9.17) is 4.74 Å². The van der Waals surface area contributed by atoms with E-state index in [-0.39, 0.29) is 5.91 Å². The number of ether oxygens (including phenoxy) is 1. The fraction of sp³-hybridized carbons (Fsp3) is 0.0526. The van der Waals surface area contributed by atoms with Gasteiger partial charge in [0, 0.05) is 18.9 Å². The van der Waals surface area contributed by atoms with E-state index in [1.807, 2.05) is 42.5 Å². The molecule has 5 heteroatoms. The highest BCUT2D eigenvalue weighted by Crippen LogP contribution is 2.22. The third kappa shape index (κ3) is 3.89. The molecular weight excluding hydrogens is 302 g/mol. The standard InChI is InChI=1S/C19H17N3O2/c1-20-18-12-7-14(13-21-18)19(23)22-15-8-10-17(11-9-15)24-16-5-3-2-4-6-16/h2-13H,1H3,(H,20,21)(H,22,23). The molecule has 0 radical (unpaired) electrons. The molecule has 0 spiro atoms. The van der Waals surface area contributed by atoms with Crippen LogP contribution < -0.4 is 15.4 Å². The maximum absolute atomic E-state index is 12.2. The molecule has 0 saturated heterocycles. The van der Waals surface area contributed by atoms with Crippen LogP contribution in [0.1, 0.15) is 10.4 Å². The van der Waals surface area contributed by atoms with E-state index in [2.05, 4.69) is 15.6 Å². The molecule has 1 amide bonds. The molecule has 2 N–H and O–H groups in total. The van der Waals surface area contributed by atoms with Crippen LogP contribution in [-0.4, -0.2) is 17.9 Å². The third-order valence-corrected chi connectivity index (χ3v) is 3.37. The van der Waals surface area contributed by atoms with Crippen LogP contribution in [0.15, 0.2) is 72.9 Å². The Morgan fingerprint density at radius 2 is 1.62 bits per heavy atom. The first-order chi connectivity index (χ1) is 11.7. The minimum Gasteiger partial charge on any atom is -0.457 e. The van der Waals surface area contributed by atoms with Gasteiger partial charge in [-0.1, -0.05) is 18.2 Å². The highest BCUT2D eigenvalue weighted by atomic mass is 16.5. The lowest BCUT2D eigenvalue weighted by Gasteiger charge is -2.08. The number of nitrogens with one attached hydrogen (secondary N) is 2. The zero-order valence-electron chi connectivity index (χ0n) is 13.2. The molecule has 0 aliphatic carbocycles. The molecule has 0 aliphatic heterocycles. The van der Waals surface area contributed by atoms with Crippen LogP contribution >= 0.6 is 0 Å². The van der Waals surface area contributed by atoms with Gasteiger partial charge in [-0.15, -0.1) is 0 Å². The van der Waals surface area contributed by atoms with E-state index in [0.717, 1.165) is 5.75 Å². The summed E-state index contributed by atoms with van der Waals surface area (Å²) in [4.78, 5) is 16.3. The smallest absolute Gasteiger partial charge is 0.257 e. The van der Waals surface area contributed by atoms with Crippen LogP contribution in [0.4, 0.5) is 11.5 Å². The van der Waals surface area contributed by atoms with E-state index in [9.17, 15) is 4.79 Å². The summed E-state index contributed by atoms with van der Waals surface area (Å²) in [6.45, 7) is 0. The van der Waals surface area contributed by atoms with Crippen LogP contribution in [-0.2, 0) is 0 Å². The van der Waals surface area contributed by atoms with Crippen molar-refractivity contribution >= 4 is 17.4 Å². The summed E-state index contributed by atoms with van der Waals surface area (Å²) < 4.78 is 5.72. The SMILES string of the molecule is CNc1ccc(C(=O)Nc2ccc(Oc3ccccc3)cc2)cn1. The Balaban J connectivity index is 1.64. The number of para-hydroxylation sites is 1. The molecule has 24 heavy (non-hydrogen) atoms. The predicted molar refractivity (Wildman–Crippen MR) is 94.7 cm³/mol. The van der Waals surface area contributed by atoms with Gasteiger partial charge in [-0.25, -0.2) is 4.98 Å². The van der Waals surface area contributed by atoms with Gasteiger partial charge >= 0.3 is 0 Å². The lowest BCUT2D eigenvalue weighted by molar-refractivity contribution is 0.102. The van der Waals surface area contributed by atoms with E-state index in [1.54, 1.807) is 31.3 Å². The molecule has 3 rings (SSSR count). The van der Waals surface area contributed by atoms with Gasteiger partial charge in [0.25, 0.3) is 5.91 Å². The Morgan fingerprint density at radius 1 is 0.917 bits per heavy atom. The third-order valence-electron chi connectivity index (χ3n) is 3.37. The van der Waals surface area contributed by atoms with Crippen LogP contribution in [0.2, 0.25) is 0 Å². The molecule has 0 saturated carbocycles. The van der Waals surface area contributed by atoms with Gasteiger partial charge in [-0.2, -0.15) is 0 Å². The van der Waals surface area contributed by atoms with Crippen molar-refractivity contribution in [3.05, 3.63) is 78.5 Å². The number of anilines is 2. The number of aromatic nitrogens is 1. The van der Waals surface area contributed by atoms with Gasteiger partial charge in [0.2, 0.25) is 0 Å². The van der Waals surface area contributed by atoms with Crippen LogP contribution in [0.25, 0.3) is 0 Å². The van der Waals surface area contributed by atoms with Gasteiger partial charge in [0.15, 0.2) is 0 Å². The predicted octanol–water partition coefficient (Wildman–Crippen LogP) is 4.17. The van der Waals surface area contributed by atoms with E-state index in [1.165, 1.54) is 6.20 Å². The van der Waals surface area contributed by atoms with Crippen LogP contribution in [0, 0.1) is 0 Å². The summed E-state index contributed by atoms with van der Waals surface area (Å²) in [7, 11) is 1.78. The molecule has 3 aromatic rings. The van der Waals surface area contributed by atoms with Crippen molar-refractivity contribution in [1.82, 2.24) is 4.98 Å². The Kier molecular flexibility index (Phi) is 4.72. The Labute approximate surface area is 140 Å². The van der Waals surface area contributed by atoms with Crippen molar-refractivity contribution in [2.45, 2.75) is 0 Å². The highest BCUT2D eigenvalue weighted by Gasteiger charge is 2.07. The fourth-order valence-corrected chi connectivity index (χ4v) is 2.11. The van der Waals surface area contributed by atoms with Gasteiger partial charge in [0.05, 0.1) is 5.56 Å². The number of amides is 1. The molecule has 5 nitrogen and oxygen atoms in total. The van der Waals surface area contributed by atoms with Gasteiger partial charge in [-0.05, 0) is 48.5 Å². The molecule has 0 bridgehead atoms. The van der Waals surface area contributed by atoms with E-state index in [0.29, 0.717) is 22.8 Å². The van der Waals surface area contributed by atoms with Crippen molar-refractivity contribution in [2.75, 3.05) is 17.7 Å². The van der Waals surface area contributed by atoms with Crippen LogP contribution in [0.3, 0.4) is 0 Å². The van der Waals surface area contributed by atoms with Crippen LogP contribution in [0.5, 0.6) is 11.5 Å². The molecule has 0 unspecified atom stereocenters. The van der Waals surface area contributed by atoms with Crippen molar-refractivity contribution < 1.29 is 9.53 Å². The summed E-state index contributed by atoms with van der Waals surface area (Å²) in [5, 5.41) is 5.74. The molecule has 0 fully saturated rings. The number of rotatable bonds is 5. The first kappa shape index (κ1) is 15.6. The summed E-state index contributed by atoms with van der Waals surface area (Å²) >= 11 is 0. The second-order valence-electron chi connectivity index (χ2n) is 5.08. The summed E-state index contributed by atoms with van der Waals surface area (Å²) in [6, 6.07) is 20.2. The average molecular weight is 319 g/mol. The zero-order valence-corrected chi connectivity index (χ0v) is 13.2. The summed E-state index contributed by atoms with van der Waals surface area (Å²) in [6.07, 6.45) is 1.54. The Hall–Kier alpha value is -3.34. The number of carbonyl (C=O) groups is 1. The van der Waals surface area contributed by atoms with Gasteiger partial charge in [-0.3, -0.25) is 4.79 Å². The van der Waals surface area contributed by atoms with Crippen molar-refractivity contribution in [2.24, 2.45) is 0 Å². The molecule has 1 heterocycles. The number of nitrogens with zero attached hydrogens (tertiary/aromatic N) is 1. The normalized spacial score (nSPS) is 10.0. The first-order valence-electron chi connectivity index (χ1n) is 7.53. The number of pyridine rings is 1. The first-order valence-corrected chi connectivity index (χ1v) is 7.53. The zero-order chi connectivity index (χ0) is 16.8. The van der Waals surface area contributed by atoms with Gasteiger partial charge in [0.1, 0.15) is 17.3 Å². The number of hydrogen-bond donors (Lipinski definition) is 2. The number of hydrogen-bond acceptors (Lipinski definition) is 4. The largest absolute Gasteiger partial charge is 0.457 e. The fourth-order valence-electron chi connectivity index (χ4n) is 2.11. The topological polar surface area (TPSA) is 63.2 Å². The van der Waals surface area contributed by atoms with E-state index >= 15 is 0 Å². The molecule has 1 aromatic heterocycles. The summed E-state index contributed by atoms with van der Waals surface area (Å²) in [5.74, 6) is 1.99. The van der Waals surface area contributed by atoms with Crippen molar-refractivity contribution in [3.63, 3.8) is 0 Å². The number of benzene rings is 2. The molecule has 0 aliphatic rings. The Morgan fingerprint density at radius 3 is 2.25 bits per heavy atom.